The summed E-state index contributed by atoms with van der Waals surface area (Å²) >= 11 is 0. The molecule has 1 atom stereocenters. The first kappa shape index (κ1) is 15.2. The molecule has 0 aliphatic rings. The van der Waals surface area contributed by atoms with E-state index in [4.69, 9.17) is 14.2 Å². The molecule has 2 rings (SSSR count). The molecule has 1 unspecified atom stereocenters. The van der Waals surface area contributed by atoms with Crippen molar-refractivity contribution in [2.75, 3.05) is 21.3 Å². The first-order chi connectivity index (χ1) is 10.1. The van der Waals surface area contributed by atoms with Crippen molar-refractivity contribution in [2.45, 2.75) is 13.0 Å². The van der Waals surface area contributed by atoms with Crippen molar-refractivity contribution in [2.24, 2.45) is 0 Å². The molecule has 1 N–H and O–H groups in total. The molecule has 112 valence electrons. The lowest BCUT2D eigenvalue weighted by Gasteiger charge is -2.19. The molecule has 0 fully saturated rings. The molecule has 0 amide bonds. The maximum Gasteiger partial charge on any atom is 0.128 e. The van der Waals surface area contributed by atoms with Crippen molar-refractivity contribution in [1.29, 1.82) is 0 Å². The van der Waals surface area contributed by atoms with Gasteiger partial charge in [0.05, 0.1) is 26.9 Å². The lowest BCUT2D eigenvalue weighted by atomic mass is 9.98. The Bertz CT molecular complexity index is 600. The zero-order valence-corrected chi connectivity index (χ0v) is 12.7. The second-order valence-electron chi connectivity index (χ2n) is 4.71. The quantitative estimate of drug-likeness (QED) is 0.918. The molecule has 2 aromatic rings. The minimum Gasteiger partial charge on any atom is -0.496 e. The number of aliphatic hydroxyl groups excluding tert-OH is 1. The average Bonchev–Trinajstić information content (AvgIpc) is 2.53. The van der Waals surface area contributed by atoms with Gasteiger partial charge >= 0.3 is 0 Å². The van der Waals surface area contributed by atoms with E-state index in [2.05, 4.69) is 0 Å². The monoisotopic (exact) mass is 288 g/mol. The summed E-state index contributed by atoms with van der Waals surface area (Å²) < 4.78 is 15.9. The van der Waals surface area contributed by atoms with E-state index in [9.17, 15) is 5.11 Å². The number of hydrogen-bond acceptors (Lipinski definition) is 4. The Kier molecular flexibility index (Phi) is 4.70. The molecular weight excluding hydrogens is 268 g/mol. The lowest BCUT2D eigenvalue weighted by molar-refractivity contribution is 0.208. The van der Waals surface area contributed by atoms with E-state index in [1.807, 2.05) is 31.2 Å². The third-order valence-corrected chi connectivity index (χ3v) is 3.47. The van der Waals surface area contributed by atoms with Gasteiger partial charge in [-0.05, 0) is 42.3 Å². The van der Waals surface area contributed by atoms with Crippen LogP contribution in [-0.2, 0) is 0 Å². The van der Waals surface area contributed by atoms with Crippen LogP contribution < -0.4 is 14.2 Å². The number of hydrogen-bond donors (Lipinski definition) is 1. The molecule has 0 saturated carbocycles. The van der Waals surface area contributed by atoms with E-state index in [1.165, 1.54) is 0 Å². The van der Waals surface area contributed by atoms with Gasteiger partial charge in [0.2, 0.25) is 0 Å². The second kappa shape index (κ2) is 6.50. The van der Waals surface area contributed by atoms with Crippen LogP contribution in [-0.4, -0.2) is 26.4 Å². The number of ether oxygens (including phenoxy) is 3. The summed E-state index contributed by atoms with van der Waals surface area (Å²) in [6.45, 7) is 1.94. The summed E-state index contributed by atoms with van der Waals surface area (Å²) in [5.74, 6) is 1.98. The largest absolute Gasteiger partial charge is 0.496 e. The van der Waals surface area contributed by atoms with Gasteiger partial charge in [0.15, 0.2) is 0 Å². The SMILES string of the molecule is COc1ccc(C(O)c2c(OC)cccc2OC)cc1C. The molecule has 0 bridgehead atoms. The van der Waals surface area contributed by atoms with Crippen LogP contribution in [0.4, 0.5) is 0 Å². The van der Waals surface area contributed by atoms with Gasteiger partial charge in [-0.3, -0.25) is 0 Å². The van der Waals surface area contributed by atoms with E-state index < -0.39 is 6.10 Å². The van der Waals surface area contributed by atoms with E-state index in [-0.39, 0.29) is 0 Å². The summed E-state index contributed by atoms with van der Waals surface area (Å²) in [5, 5.41) is 10.7. The molecule has 0 aliphatic heterocycles. The predicted octanol–water partition coefficient (Wildman–Crippen LogP) is 3.10. The Morgan fingerprint density at radius 2 is 1.43 bits per heavy atom. The first-order valence-electron chi connectivity index (χ1n) is 6.65. The molecule has 0 aliphatic carbocycles. The van der Waals surface area contributed by atoms with Crippen molar-refractivity contribution >= 4 is 0 Å². The van der Waals surface area contributed by atoms with E-state index >= 15 is 0 Å². The Morgan fingerprint density at radius 3 is 1.90 bits per heavy atom. The lowest BCUT2D eigenvalue weighted by Crippen LogP contribution is -2.05. The smallest absolute Gasteiger partial charge is 0.128 e. The molecule has 4 nitrogen and oxygen atoms in total. The topological polar surface area (TPSA) is 47.9 Å². The van der Waals surface area contributed by atoms with Crippen LogP contribution in [0.2, 0.25) is 0 Å². The Balaban J connectivity index is 2.49. The molecule has 21 heavy (non-hydrogen) atoms. The Morgan fingerprint density at radius 1 is 0.857 bits per heavy atom. The average molecular weight is 288 g/mol. The summed E-state index contributed by atoms with van der Waals surface area (Å²) in [4.78, 5) is 0. The zero-order chi connectivity index (χ0) is 15.4. The molecule has 0 aromatic heterocycles. The third-order valence-electron chi connectivity index (χ3n) is 3.47. The molecule has 4 heteroatoms. The van der Waals surface area contributed by atoms with Gasteiger partial charge in [-0.2, -0.15) is 0 Å². The fourth-order valence-corrected chi connectivity index (χ4v) is 2.39. The standard InChI is InChI=1S/C17H20O4/c1-11-10-12(8-9-13(11)19-2)17(18)16-14(20-3)6-5-7-15(16)21-4/h5-10,17-18H,1-4H3. The minimum atomic E-state index is -0.833. The summed E-state index contributed by atoms with van der Waals surface area (Å²) in [6, 6.07) is 11.0. The number of aliphatic hydroxyl groups is 1. The van der Waals surface area contributed by atoms with Crippen LogP contribution in [0, 0.1) is 6.92 Å². The van der Waals surface area contributed by atoms with Crippen LogP contribution in [0.25, 0.3) is 0 Å². The highest BCUT2D eigenvalue weighted by atomic mass is 16.5. The fourth-order valence-electron chi connectivity index (χ4n) is 2.39. The zero-order valence-electron chi connectivity index (χ0n) is 12.7. The Hall–Kier alpha value is -2.20. The van der Waals surface area contributed by atoms with Crippen molar-refractivity contribution in [1.82, 2.24) is 0 Å². The van der Waals surface area contributed by atoms with Crippen LogP contribution in [0.3, 0.4) is 0 Å². The van der Waals surface area contributed by atoms with Gasteiger partial charge in [-0.15, -0.1) is 0 Å². The van der Waals surface area contributed by atoms with E-state index in [0.717, 1.165) is 16.9 Å². The molecule has 2 aromatic carbocycles. The van der Waals surface area contributed by atoms with Crippen molar-refractivity contribution in [3.8, 4) is 17.2 Å². The number of rotatable bonds is 5. The van der Waals surface area contributed by atoms with Gasteiger partial charge < -0.3 is 19.3 Å². The summed E-state index contributed by atoms with van der Waals surface area (Å²) in [5.41, 5.74) is 2.34. The highest BCUT2D eigenvalue weighted by Gasteiger charge is 2.21. The van der Waals surface area contributed by atoms with Gasteiger partial charge in [-0.25, -0.2) is 0 Å². The van der Waals surface area contributed by atoms with Gasteiger partial charge in [0.1, 0.15) is 23.4 Å². The van der Waals surface area contributed by atoms with E-state index in [1.54, 1.807) is 33.5 Å². The summed E-state index contributed by atoms with van der Waals surface area (Å²) in [6.07, 6.45) is -0.833. The minimum absolute atomic E-state index is 0.593. The maximum absolute atomic E-state index is 10.7. The molecule has 0 saturated heterocycles. The third kappa shape index (κ3) is 2.95. The highest BCUT2D eigenvalue weighted by molar-refractivity contribution is 5.50. The van der Waals surface area contributed by atoms with Crippen molar-refractivity contribution in [3.05, 3.63) is 53.1 Å². The van der Waals surface area contributed by atoms with Gasteiger partial charge in [0.25, 0.3) is 0 Å². The number of aryl methyl sites for hydroxylation is 1. The molecule has 0 heterocycles. The number of methoxy groups -OCH3 is 3. The molecular formula is C17H20O4. The van der Waals surface area contributed by atoms with Crippen LogP contribution >= 0.6 is 0 Å². The van der Waals surface area contributed by atoms with Crippen molar-refractivity contribution in [3.63, 3.8) is 0 Å². The highest BCUT2D eigenvalue weighted by Crippen LogP contribution is 2.38. The predicted molar refractivity (Wildman–Crippen MR) is 81.3 cm³/mol. The maximum atomic E-state index is 10.7. The normalized spacial score (nSPS) is 11.9. The summed E-state index contributed by atoms with van der Waals surface area (Å²) in [7, 11) is 4.77. The van der Waals surface area contributed by atoms with Crippen LogP contribution in [0.1, 0.15) is 22.8 Å². The Labute approximate surface area is 124 Å². The van der Waals surface area contributed by atoms with Gasteiger partial charge in [-0.1, -0.05) is 12.1 Å². The van der Waals surface area contributed by atoms with E-state index in [0.29, 0.717) is 17.1 Å². The molecule has 0 spiro atoms. The van der Waals surface area contributed by atoms with Crippen molar-refractivity contribution < 1.29 is 19.3 Å². The molecule has 0 radical (unpaired) electrons. The number of benzene rings is 2. The van der Waals surface area contributed by atoms with Crippen LogP contribution in [0.5, 0.6) is 17.2 Å². The fraction of sp³-hybridized carbons (Fsp3) is 0.294. The first-order valence-corrected chi connectivity index (χ1v) is 6.65. The van der Waals surface area contributed by atoms with Crippen LogP contribution in [0.15, 0.2) is 36.4 Å². The second-order valence-corrected chi connectivity index (χ2v) is 4.71. The van der Waals surface area contributed by atoms with Gasteiger partial charge in [0, 0.05) is 0 Å².